The molecule has 0 aliphatic carbocycles. The Kier molecular flexibility index (Phi) is 5.17. The summed E-state index contributed by atoms with van der Waals surface area (Å²) in [4.78, 5) is 25.2. The van der Waals surface area contributed by atoms with Gasteiger partial charge in [0, 0.05) is 44.0 Å². The first-order chi connectivity index (χ1) is 11.9. The molecule has 3 rings (SSSR count). The van der Waals surface area contributed by atoms with E-state index in [4.69, 9.17) is 0 Å². The lowest BCUT2D eigenvalue weighted by molar-refractivity contribution is -0.123. The molecule has 1 atom stereocenters. The first kappa shape index (κ1) is 17.6. The third kappa shape index (κ3) is 4.07. The maximum atomic E-state index is 12.2. The van der Waals surface area contributed by atoms with Gasteiger partial charge < -0.3 is 10.2 Å². The monoisotopic (exact) mass is 345 g/mol. The highest BCUT2D eigenvalue weighted by Gasteiger charge is 2.22. The Morgan fingerprint density at radius 1 is 1.24 bits per heavy atom. The minimum Gasteiger partial charge on any atom is -0.354 e. The van der Waals surface area contributed by atoms with Crippen LogP contribution in [0.4, 0.5) is 5.82 Å². The van der Waals surface area contributed by atoms with Gasteiger partial charge in [-0.2, -0.15) is 14.6 Å². The van der Waals surface area contributed by atoms with E-state index in [0.717, 1.165) is 37.7 Å². The van der Waals surface area contributed by atoms with Crippen molar-refractivity contribution < 1.29 is 4.79 Å². The maximum Gasteiger partial charge on any atom is 0.254 e. The smallest absolute Gasteiger partial charge is 0.254 e. The average Bonchev–Trinajstić information content (AvgIpc) is 3.02. The first-order valence-electron chi connectivity index (χ1n) is 8.88. The average molecular weight is 345 g/mol. The van der Waals surface area contributed by atoms with Gasteiger partial charge in [0.05, 0.1) is 6.54 Å². The standard InChI is InChI=1S/C17H27N7O/c1-12(2)14(4)21-15(25)10-22-5-7-23(8-6-22)16-9-13(3)20-17-18-11-19-24(16)17/h9,11-12,14H,5-8,10H2,1-4H3,(H,21,25). The Labute approximate surface area is 148 Å². The molecule has 1 saturated heterocycles. The number of amides is 1. The molecule has 3 heterocycles. The summed E-state index contributed by atoms with van der Waals surface area (Å²) < 4.78 is 1.78. The summed E-state index contributed by atoms with van der Waals surface area (Å²) in [6.07, 6.45) is 1.53. The van der Waals surface area contributed by atoms with E-state index in [-0.39, 0.29) is 11.9 Å². The highest BCUT2D eigenvalue weighted by molar-refractivity contribution is 5.78. The molecular weight excluding hydrogens is 318 g/mol. The van der Waals surface area contributed by atoms with Crippen LogP contribution >= 0.6 is 0 Å². The van der Waals surface area contributed by atoms with E-state index in [1.54, 1.807) is 4.52 Å². The molecule has 0 aromatic carbocycles. The lowest BCUT2D eigenvalue weighted by Crippen LogP contribution is -2.51. The van der Waals surface area contributed by atoms with Crippen molar-refractivity contribution >= 4 is 17.5 Å². The van der Waals surface area contributed by atoms with Gasteiger partial charge in [-0.05, 0) is 19.8 Å². The molecule has 1 fully saturated rings. The van der Waals surface area contributed by atoms with Crippen molar-refractivity contribution in [2.24, 2.45) is 5.92 Å². The van der Waals surface area contributed by atoms with Crippen molar-refractivity contribution in [3.8, 4) is 0 Å². The van der Waals surface area contributed by atoms with E-state index in [2.05, 4.69) is 51.0 Å². The number of rotatable bonds is 5. The van der Waals surface area contributed by atoms with Gasteiger partial charge >= 0.3 is 0 Å². The zero-order chi connectivity index (χ0) is 18.0. The van der Waals surface area contributed by atoms with Crippen LogP contribution in [0.3, 0.4) is 0 Å². The molecule has 25 heavy (non-hydrogen) atoms. The Morgan fingerprint density at radius 2 is 1.96 bits per heavy atom. The van der Waals surface area contributed by atoms with Gasteiger partial charge in [0.1, 0.15) is 12.1 Å². The fourth-order valence-corrected chi connectivity index (χ4v) is 2.94. The number of nitrogens with one attached hydrogen (secondary N) is 1. The Hall–Kier alpha value is -2.22. The van der Waals surface area contributed by atoms with Crippen LogP contribution in [0, 0.1) is 12.8 Å². The molecule has 8 heteroatoms. The number of carbonyl (C=O) groups excluding carboxylic acids is 1. The molecule has 1 aliphatic heterocycles. The summed E-state index contributed by atoms with van der Waals surface area (Å²) >= 11 is 0. The molecular formula is C17H27N7O. The third-order valence-electron chi connectivity index (χ3n) is 4.81. The van der Waals surface area contributed by atoms with Crippen LogP contribution < -0.4 is 10.2 Å². The van der Waals surface area contributed by atoms with Gasteiger partial charge in [-0.25, -0.2) is 4.98 Å². The van der Waals surface area contributed by atoms with Crippen molar-refractivity contribution in [3.63, 3.8) is 0 Å². The van der Waals surface area contributed by atoms with Crippen LogP contribution in [0.25, 0.3) is 5.78 Å². The summed E-state index contributed by atoms with van der Waals surface area (Å²) in [6, 6.07) is 2.24. The molecule has 0 bridgehead atoms. The minimum absolute atomic E-state index is 0.105. The predicted molar refractivity (Wildman–Crippen MR) is 96.6 cm³/mol. The summed E-state index contributed by atoms with van der Waals surface area (Å²) in [6.45, 7) is 12.1. The number of anilines is 1. The molecule has 136 valence electrons. The largest absolute Gasteiger partial charge is 0.354 e. The molecule has 1 amide bonds. The molecule has 1 unspecified atom stereocenters. The molecule has 0 radical (unpaired) electrons. The first-order valence-corrected chi connectivity index (χ1v) is 8.88. The van der Waals surface area contributed by atoms with Gasteiger partial charge in [-0.3, -0.25) is 9.69 Å². The number of carbonyl (C=O) groups is 1. The van der Waals surface area contributed by atoms with E-state index < -0.39 is 0 Å². The minimum atomic E-state index is 0.105. The van der Waals surface area contributed by atoms with Crippen LogP contribution in [0.1, 0.15) is 26.5 Å². The van der Waals surface area contributed by atoms with E-state index in [9.17, 15) is 4.79 Å². The molecule has 0 spiro atoms. The molecule has 8 nitrogen and oxygen atoms in total. The van der Waals surface area contributed by atoms with E-state index >= 15 is 0 Å². The number of nitrogens with zero attached hydrogens (tertiary/aromatic N) is 6. The van der Waals surface area contributed by atoms with Crippen LogP contribution in [0.2, 0.25) is 0 Å². The second-order valence-electron chi connectivity index (χ2n) is 7.09. The second kappa shape index (κ2) is 7.35. The molecule has 1 N–H and O–H groups in total. The van der Waals surface area contributed by atoms with Crippen molar-refractivity contribution in [2.45, 2.75) is 33.7 Å². The van der Waals surface area contributed by atoms with Gasteiger partial charge in [0.15, 0.2) is 0 Å². The van der Waals surface area contributed by atoms with Gasteiger partial charge in [0.25, 0.3) is 5.78 Å². The van der Waals surface area contributed by atoms with Crippen molar-refractivity contribution in [1.29, 1.82) is 0 Å². The van der Waals surface area contributed by atoms with Crippen LogP contribution in [0.5, 0.6) is 0 Å². The quantitative estimate of drug-likeness (QED) is 0.860. The molecule has 2 aromatic rings. The molecule has 2 aromatic heterocycles. The summed E-state index contributed by atoms with van der Waals surface area (Å²) in [5.41, 5.74) is 0.931. The van der Waals surface area contributed by atoms with Crippen LogP contribution in [-0.4, -0.2) is 69.2 Å². The fraction of sp³-hybridized carbons (Fsp3) is 0.647. The Bertz CT molecular complexity index is 734. The number of hydrogen-bond acceptors (Lipinski definition) is 6. The number of piperazine rings is 1. The molecule has 1 aliphatic rings. The second-order valence-corrected chi connectivity index (χ2v) is 7.09. The molecule has 0 saturated carbocycles. The van der Waals surface area contributed by atoms with Crippen molar-refractivity contribution in [3.05, 3.63) is 18.1 Å². The number of aromatic nitrogens is 4. The van der Waals surface area contributed by atoms with E-state index in [0.29, 0.717) is 18.2 Å². The van der Waals surface area contributed by atoms with E-state index in [1.165, 1.54) is 6.33 Å². The van der Waals surface area contributed by atoms with Crippen LogP contribution in [-0.2, 0) is 4.79 Å². The maximum absolute atomic E-state index is 12.2. The van der Waals surface area contributed by atoms with Crippen molar-refractivity contribution in [1.82, 2.24) is 29.8 Å². The highest BCUT2D eigenvalue weighted by Crippen LogP contribution is 2.17. The van der Waals surface area contributed by atoms with E-state index in [1.807, 2.05) is 13.0 Å². The van der Waals surface area contributed by atoms with Crippen LogP contribution in [0.15, 0.2) is 12.4 Å². The Balaban J connectivity index is 1.58. The van der Waals surface area contributed by atoms with Gasteiger partial charge in [-0.15, -0.1) is 0 Å². The Morgan fingerprint density at radius 3 is 2.64 bits per heavy atom. The zero-order valence-corrected chi connectivity index (χ0v) is 15.4. The van der Waals surface area contributed by atoms with Gasteiger partial charge in [-0.1, -0.05) is 13.8 Å². The highest BCUT2D eigenvalue weighted by atomic mass is 16.2. The topological polar surface area (TPSA) is 78.7 Å². The van der Waals surface area contributed by atoms with Crippen molar-refractivity contribution in [2.75, 3.05) is 37.6 Å². The number of aryl methyl sites for hydroxylation is 1. The SMILES string of the molecule is Cc1cc(N2CCN(CC(=O)NC(C)C(C)C)CC2)n2ncnc2n1. The zero-order valence-electron chi connectivity index (χ0n) is 15.4. The summed E-state index contributed by atoms with van der Waals surface area (Å²) in [5.74, 6) is 2.19. The van der Waals surface area contributed by atoms with Gasteiger partial charge in [0.2, 0.25) is 5.91 Å². The number of hydrogen-bond donors (Lipinski definition) is 1. The lowest BCUT2D eigenvalue weighted by atomic mass is 10.1. The number of fused-ring (bicyclic) bond motifs is 1. The predicted octanol–water partition coefficient (Wildman–Crippen LogP) is 0.715. The fourth-order valence-electron chi connectivity index (χ4n) is 2.94. The third-order valence-corrected chi connectivity index (χ3v) is 4.81. The summed E-state index contributed by atoms with van der Waals surface area (Å²) in [5, 5.41) is 7.35. The lowest BCUT2D eigenvalue weighted by Gasteiger charge is -2.35. The normalized spacial score (nSPS) is 17.2. The summed E-state index contributed by atoms with van der Waals surface area (Å²) in [7, 11) is 0.